The van der Waals surface area contributed by atoms with Gasteiger partial charge in [-0.25, -0.2) is 0 Å². The summed E-state index contributed by atoms with van der Waals surface area (Å²) in [6, 6.07) is 8.09. The summed E-state index contributed by atoms with van der Waals surface area (Å²) in [7, 11) is 1.66. The van der Waals surface area contributed by atoms with Gasteiger partial charge in [0.15, 0.2) is 11.3 Å². The van der Waals surface area contributed by atoms with Gasteiger partial charge in [-0.05, 0) is 32.9 Å². The molecule has 0 radical (unpaired) electrons. The first kappa shape index (κ1) is 14.9. The molecular formula is C16H23NO3. The molecule has 1 heterocycles. The number of fused-ring (bicyclic) bond motifs is 1. The van der Waals surface area contributed by atoms with Gasteiger partial charge in [-0.15, -0.1) is 0 Å². The van der Waals surface area contributed by atoms with Gasteiger partial charge in [0.25, 0.3) is 0 Å². The van der Waals surface area contributed by atoms with Crippen molar-refractivity contribution >= 4 is 11.0 Å². The highest BCUT2D eigenvalue weighted by molar-refractivity contribution is 5.83. The Kier molecular flexibility index (Phi) is 5.04. The lowest BCUT2D eigenvalue weighted by molar-refractivity contribution is 0.0738. The zero-order chi connectivity index (χ0) is 14.5. The molecule has 2 aromatic rings. The number of ether oxygens (including phenoxy) is 2. The first-order valence-electron chi connectivity index (χ1n) is 7.07. The molecule has 0 fully saturated rings. The maximum atomic E-state index is 5.92. The molecule has 20 heavy (non-hydrogen) atoms. The van der Waals surface area contributed by atoms with Gasteiger partial charge in [0.1, 0.15) is 5.76 Å². The van der Waals surface area contributed by atoms with E-state index in [-0.39, 0.29) is 12.1 Å². The first-order valence-corrected chi connectivity index (χ1v) is 7.07. The number of methoxy groups -OCH3 is 1. The lowest BCUT2D eigenvalue weighted by Gasteiger charge is -2.16. The molecule has 0 aliphatic heterocycles. The number of para-hydroxylation sites is 1. The Bertz CT molecular complexity index is 550. The minimum atomic E-state index is 0.134. The highest BCUT2D eigenvalue weighted by Crippen LogP contribution is 2.30. The van der Waals surface area contributed by atoms with Crippen LogP contribution in [0.3, 0.4) is 0 Å². The second-order valence-electron chi connectivity index (χ2n) is 4.92. The van der Waals surface area contributed by atoms with Gasteiger partial charge in [0, 0.05) is 18.5 Å². The molecule has 2 rings (SSSR count). The van der Waals surface area contributed by atoms with Crippen molar-refractivity contribution in [2.75, 3.05) is 20.3 Å². The van der Waals surface area contributed by atoms with E-state index in [1.54, 1.807) is 7.11 Å². The zero-order valence-electron chi connectivity index (χ0n) is 12.6. The Labute approximate surface area is 120 Å². The van der Waals surface area contributed by atoms with Crippen LogP contribution in [-0.4, -0.2) is 26.4 Å². The number of hydrogen-bond acceptors (Lipinski definition) is 4. The van der Waals surface area contributed by atoms with Crippen LogP contribution >= 0.6 is 0 Å². The molecule has 0 saturated carbocycles. The molecule has 110 valence electrons. The summed E-state index contributed by atoms with van der Waals surface area (Å²) in [6.07, 6.45) is 0.196. The summed E-state index contributed by atoms with van der Waals surface area (Å²) in [6.45, 7) is 7.68. The number of benzene rings is 1. The lowest BCUT2D eigenvalue weighted by atomic mass is 10.2. The molecule has 0 bridgehead atoms. The van der Waals surface area contributed by atoms with Crippen LogP contribution in [0.25, 0.3) is 11.0 Å². The maximum Gasteiger partial charge on any atom is 0.176 e. The molecule has 1 N–H and O–H groups in total. The molecule has 0 amide bonds. The largest absolute Gasteiger partial charge is 0.493 e. The van der Waals surface area contributed by atoms with Crippen LogP contribution in [0.15, 0.2) is 28.7 Å². The minimum Gasteiger partial charge on any atom is -0.493 e. The summed E-state index contributed by atoms with van der Waals surface area (Å²) in [5.41, 5.74) is 0.802. The van der Waals surface area contributed by atoms with Crippen LogP contribution in [0.4, 0.5) is 0 Å². The second-order valence-corrected chi connectivity index (χ2v) is 4.92. The topological polar surface area (TPSA) is 43.6 Å². The highest BCUT2D eigenvalue weighted by atomic mass is 16.5. The molecule has 0 spiro atoms. The van der Waals surface area contributed by atoms with Crippen molar-refractivity contribution < 1.29 is 13.9 Å². The summed E-state index contributed by atoms with van der Waals surface area (Å²) < 4.78 is 16.7. The minimum absolute atomic E-state index is 0.134. The smallest absolute Gasteiger partial charge is 0.176 e. The van der Waals surface area contributed by atoms with Crippen molar-refractivity contribution in [3.05, 3.63) is 30.0 Å². The molecule has 4 nitrogen and oxygen atoms in total. The molecule has 2 unspecified atom stereocenters. The van der Waals surface area contributed by atoms with Gasteiger partial charge in [-0.2, -0.15) is 0 Å². The predicted molar refractivity (Wildman–Crippen MR) is 80.3 cm³/mol. The third kappa shape index (κ3) is 3.32. The van der Waals surface area contributed by atoms with Gasteiger partial charge in [0.05, 0.1) is 19.3 Å². The molecular weight excluding hydrogens is 254 g/mol. The fraction of sp³-hybridized carbons (Fsp3) is 0.500. The Morgan fingerprint density at radius 3 is 2.80 bits per heavy atom. The molecule has 1 aromatic heterocycles. The summed E-state index contributed by atoms with van der Waals surface area (Å²) in [5.74, 6) is 1.68. The molecule has 0 aliphatic carbocycles. The third-order valence-electron chi connectivity index (χ3n) is 3.34. The monoisotopic (exact) mass is 277 g/mol. The third-order valence-corrected chi connectivity index (χ3v) is 3.34. The standard InChI is InChI=1S/C16H23NO3/c1-5-19-11(2)10-17-12(3)15-9-13-7-6-8-14(18-4)16(13)20-15/h6-9,11-12,17H,5,10H2,1-4H3. The van der Waals surface area contributed by atoms with Gasteiger partial charge in [0.2, 0.25) is 0 Å². The fourth-order valence-corrected chi connectivity index (χ4v) is 2.22. The number of hydrogen-bond donors (Lipinski definition) is 1. The average Bonchev–Trinajstić information content (AvgIpc) is 2.89. The average molecular weight is 277 g/mol. The van der Waals surface area contributed by atoms with E-state index < -0.39 is 0 Å². The number of rotatable bonds is 7. The maximum absolute atomic E-state index is 5.92. The van der Waals surface area contributed by atoms with Crippen molar-refractivity contribution in [1.29, 1.82) is 0 Å². The van der Waals surface area contributed by atoms with Crippen molar-refractivity contribution in [2.45, 2.75) is 32.9 Å². The van der Waals surface area contributed by atoms with Gasteiger partial charge in [-0.1, -0.05) is 12.1 Å². The van der Waals surface area contributed by atoms with E-state index in [4.69, 9.17) is 13.9 Å². The molecule has 4 heteroatoms. The summed E-state index contributed by atoms with van der Waals surface area (Å²) in [4.78, 5) is 0. The molecule has 2 atom stereocenters. The van der Waals surface area contributed by atoms with Crippen LogP contribution in [-0.2, 0) is 4.74 Å². The first-order chi connectivity index (χ1) is 9.65. The van der Waals surface area contributed by atoms with E-state index in [1.165, 1.54) is 0 Å². The second kappa shape index (κ2) is 6.77. The van der Waals surface area contributed by atoms with E-state index in [9.17, 15) is 0 Å². The van der Waals surface area contributed by atoms with Crippen LogP contribution in [0.2, 0.25) is 0 Å². The fourth-order valence-electron chi connectivity index (χ4n) is 2.22. The van der Waals surface area contributed by atoms with E-state index in [0.29, 0.717) is 0 Å². The number of nitrogens with one attached hydrogen (secondary N) is 1. The van der Waals surface area contributed by atoms with Crippen LogP contribution < -0.4 is 10.1 Å². The van der Waals surface area contributed by atoms with Gasteiger partial charge >= 0.3 is 0 Å². The molecule has 1 aromatic carbocycles. The quantitative estimate of drug-likeness (QED) is 0.841. The molecule has 0 saturated heterocycles. The van der Waals surface area contributed by atoms with E-state index >= 15 is 0 Å². The van der Waals surface area contributed by atoms with E-state index in [0.717, 1.165) is 35.6 Å². The van der Waals surface area contributed by atoms with Crippen molar-refractivity contribution in [1.82, 2.24) is 5.32 Å². The van der Waals surface area contributed by atoms with Crippen LogP contribution in [0.5, 0.6) is 5.75 Å². The number of furan rings is 1. The normalized spacial score (nSPS) is 14.4. The lowest BCUT2D eigenvalue weighted by Crippen LogP contribution is -2.28. The Morgan fingerprint density at radius 1 is 1.30 bits per heavy atom. The highest BCUT2D eigenvalue weighted by Gasteiger charge is 2.14. The molecule has 0 aliphatic rings. The van der Waals surface area contributed by atoms with Crippen LogP contribution in [0.1, 0.15) is 32.6 Å². The van der Waals surface area contributed by atoms with E-state index in [1.807, 2.05) is 25.1 Å². The van der Waals surface area contributed by atoms with Crippen molar-refractivity contribution in [2.24, 2.45) is 0 Å². The Hall–Kier alpha value is -1.52. The SMILES string of the molecule is CCOC(C)CNC(C)c1cc2cccc(OC)c2o1. The Balaban J connectivity index is 2.08. The summed E-state index contributed by atoms with van der Waals surface area (Å²) >= 11 is 0. The predicted octanol–water partition coefficient (Wildman–Crippen LogP) is 3.52. The van der Waals surface area contributed by atoms with Crippen molar-refractivity contribution in [3.63, 3.8) is 0 Å². The zero-order valence-corrected chi connectivity index (χ0v) is 12.6. The Morgan fingerprint density at radius 2 is 2.10 bits per heavy atom. The van der Waals surface area contributed by atoms with Gasteiger partial charge < -0.3 is 19.2 Å². The van der Waals surface area contributed by atoms with E-state index in [2.05, 4.69) is 25.2 Å². The van der Waals surface area contributed by atoms with Gasteiger partial charge in [-0.3, -0.25) is 0 Å². The van der Waals surface area contributed by atoms with Crippen molar-refractivity contribution in [3.8, 4) is 5.75 Å². The summed E-state index contributed by atoms with van der Waals surface area (Å²) in [5, 5.41) is 4.48. The van der Waals surface area contributed by atoms with Crippen LogP contribution in [0, 0.1) is 0 Å².